The molecule has 1 aromatic carbocycles. The van der Waals surface area contributed by atoms with Crippen LogP contribution in [-0.4, -0.2) is 62.8 Å². The van der Waals surface area contributed by atoms with E-state index in [1.54, 1.807) is 0 Å². The molecule has 1 saturated heterocycles. The van der Waals surface area contributed by atoms with Crippen LogP contribution in [0.2, 0.25) is 0 Å². The fraction of sp³-hybridized carbons (Fsp3) is 0.579. The van der Waals surface area contributed by atoms with E-state index in [1.807, 2.05) is 32.9 Å². The minimum absolute atomic E-state index is 0. The summed E-state index contributed by atoms with van der Waals surface area (Å²) in [6.07, 6.45) is 1.53. The number of sulfone groups is 1. The third-order valence-corrected chi connectivity index (χ3v) is 7.18. The largest absolute Gasteiger partial charge is 0.335 e. The first kappa shape index (κ1) is 24.4. The van der Waals surface area contributed by atoms with Crippen LogP contribution in [0.15, 0.2) is 12.1 Å². The Morgan fingerprint density at radius 1 is 1.14 bits per heavy atom. The van der Waals surface area contributed by atoms with Gasteiger partial charge < -0.3 is 15.5 Å². The number of likely N-dealkylation sites (N-methyl/N-ethyl adjacent to an activating group) is 1. The molecule has 158 valence electrons. The van der Waals surface area contributed by atoms with Crippen LogP contribution in [0.4, 0.5) is 5.69 Å². The fourth-order valence-corrected chi connectivity index (χ4v) is 5.18. The van der Waals surface area contributed by atoms with Crippen molar-refractivity contribution < 1.29 is 18.0 Å². The van der Waals surface area contributed by atoms with E-state index in [2.05, 4.69) is 10.6 Å². The SMILES string of the molecule is Cc1cc(C)c(NC(=O)CN(C)C(=O)C2(S(C)(=O)=O)CCNCC2)c(C)c1.Cl. The number of hydrogen-bond donors (Lipinski definition) is 2. The minimum atomic E-state index is -3.61. The number of nitrogens with one attached hydrogen (secondary N) is 2. The van der Waals surface area contributed by atoms with Crippen molar-refractivity contribution in [1.29, 1.82) is 0 Å². The van der Waals surface area contributed by atoms with E-state index < -0.39 is 20.5 Å². The Balaban J connectivity index is 0.00000392. The zero-order valence-electron chi connectivity index (χ0n) is 17.1. The third-order valence-electron chi connectivity index (χ3n) is 5.18. The Bertz CT molecular complexity index is 826. The second kappa shape index (κ2) is 9.24. The van der Waals surface area contributed by atoms with Gasteiger partial charge in [0.25, 0.3) is 0 Å². The second-order valence-electron chi connectivity index (χ2n) is 7.50. The highest BCUT2D eigenvalue weighted by Crippen LogP contribution is 2.30. The lowest BCUT2D eigenvalue weighted by Crippen LogP contribution is -2.58. The van der Waals surface area contributed by atoms with E-state index in [0.29, 0.717) is 13.1 Å². The molecule has 28 heavy (non-hydrogen) atoms. The predicted octanol–water partition coefficient (Wildman–Crippen LogP) is 1.60. The molecule has 0 spiro atoms. The first-order valence-electron chi connectivity index (χ1n) is 9.01. The molecule has 1 aliphatic heterocycles. The first-order valence-corrected chi connectivity index (χ1v) is 10.9. The number of aryl methyl sites for hydroxylation is 3. The third kappa shape index (κ3) is 5.04. The van der Waals surface area contributed by atoms with Gasteiger partial charge in [0.15, 0.2) is 14.6 Å². The Kier molecular flexibility index (Phi) is 8.05. The van der Waals surface area contributed by atoms with Gasteiger partial charge in [-0.05, 0) is 57.8 Å². The van der Waals surface area contributed by atoms with Crippen molar-refractivity contribution >= 4 is 39.7 Å². The lowest BCUT2D eigenvalue weighted by Gasteiger charge is -2.37. The molecular weight excluding hydrogens is 402 g/mol. The number of amides is 2. The van der Waals surface area contributed by atoms with Crippen molar-refractivity contribution in [1.82, 2.24) is 10.2 Å². The quantitative estimate of drug-likeness (QED) is 0.738. The summed E-state index contributed by atoms with van der Waals surface area (Å²) in [7, 11) is -2.13. The van der Waals surface area contributed by atoms with Crippen LogP contribution in [0.5, 0.6) is 0 Å². The van der Waals surface area contributed by atoms with Crippen LogP contribution in [0.25, 0.3) is 0 Å². The Morgan fingerprint density at radius 3 is 2.11 bits per heavy atom. The standard InChI is InChI=1S/C19H29N3O4S.ClH/c1-13-10-14(2)17(15(3)11-13)21-16(23)12-22(4)18(24)19(27(5,25)26)6-8-20-9-7-19;/h10-11,20H,6-9,12H2,1-5H3,(H,21,23);1H. The number of nitrogens with zero attached hydrogens (tertiary/aromatic N) is 1. The molecule has 1 aromatic rings. The normalized spacial score (nSPS) is 16.0. The van der Waals surface area contributed by atoms with Crippen LogP contribution in [0.1, 0.15) is 29.5 Å². The molecule has 0 bridgehead atoms. The molecule has 0 atom stereocenters. The molecule has 0 saturated carbocycles. The number of carbonyl (C=O) groups excluding carboxylic acids is 2. The highest BCUT2D eigenvalue weighted by atomic mass is 35.5. The number of hydrogen-bond acceptors (Lipinski definition) is 5. The predicted molar refractivity (Wildman–Crippen MR) is 114 cm³/mol. The Morgan fingerprint density at radius 2 is 1.64 bits per heavy atom. The molecule has 1 fully saturated rings. The van der Waals surface area contributed by atoms with Crippen molar-refractivity contribution in [2.24, 2.45) is 0 Å². The average Bonchev–Trinajstić information content (AvgIpc) is 2.57. The molecular formula is C19H30ClN3O4S. The van der Waals surface area contributed by atoms with Gasteiger partial charge >= 0.3 is 0 Å². The molecule has 2 N–H and O–H groups in total. The molecule has 0 radical (unpaired) electrons. The highest BCUT2D eigenvalue weighted by Gasteiger charge is 2.50. The fourth-order valence-electron chi connectivity index (χ4n) is 3.77. The Labute approximate surface area is 173 Å². The summed E-state index contributed by atoms with van der Waals surface area (Å²) >= 11 is 0. The number of anilines is 1. The molecule has 0 unspecified atom stereocenters. The van der Waals surface area contributed by atoms with Gasteiger partial charge in [0.1, 0.15) is 0 Å². The van der Waals surface area contributed by atoms with Crippen molar-refractivity contribution in [2.45, 2.75) is 38.4 Å². The van der Waals surface area contributed by atoms with Gasteiger partial charge in [0.2, 0.25) is 11.8 Å². The van der Waals surface area contributed by atoms with Crippen LogP contribution in [0, 0.1) is 20.8 Å². The molecule has 2 amide bonds. The number of benzene rings is 1. The zero-order chi connectivity index (χ0) is 20.4. The number of piperidine rings is 1. The molecule has 0 aliphatic carbocycles. The topological polar surface area (TPSA) is 95.6 Å². The van der Waals surface area contributed by atoms with Crippen molar-refractivity contribution in [2.75, 3.05) is 38.3 Å². The molecule has 1 aliphatic rings. The maximum Gasteiger partial charge on any atom is 0.244 e. The van der Waals surface area contributed by atoms with Gasteiger partial charge in [-0.25, -0.2) is 8.42 Å². The average molecular weight is 432 g/mol. The van der Waals surface area contributed by atoms with Gasteiger partial charge in [-0.1, -0.05) is 17.7 Å². The summed E-state index contributed by atoms with van der Waals surface area (Å²) < 4.78 is 23.3. The van der Waals surface area contributed by atoms with Crippen LogP contribution in [-0.2, 0) is 19.4 Å². The van der Waals surface area contributed by atoms with Gasteiger partial charge in [0.05, 0.1) is 6.54 Å². The summed E-state index contributed by atoms with van der Waals surface area (Å²) in [6, 6.07) is 3.95. The molecule has 2 rings (SSSR count). The van der Waals surface area contributed by atoms with Crippen molar-refractivity contribution in [3.63, 3.8) is 0 Å². The number of rotatable bonds is 5. The lowest BCUT2D eigenvalue weighted by molar-refractivity contribution is -0.136. The maximum absolute atomic E-state index is 13.0. The zero-order valence-corrected chi connectivity index (χ0v) is 18.7. The molecule has 9 heteroatoms. The second-order valence-corrected chi connectivity index (χ2v) is 9.83. The van der Waals surface area contributed by atoms with Crippen molar-refractivity contribution in [3.8, 4) is 0 Å². The Hall–Kier alpha value is -1.64. The van der Waals surface area contributed by atoms with Crippen LogP contribution < -0.4 is 10.6 Å². The summed E-state index contributed by atoms with van der Waals surface area (Å²) in [6.45, 7) is 6.54. The van der Waals surface area contributed by atoms with Crippen LogP contribution in [0.3, 0.4) is 0 Å². The highest BCUT2D eigenvalue weighted by molar-refractivity contribution is 7.92. The molecule has 0 aromatic heterocycles. The summed E-state index contributed by atoms with van der Waals surface area (Å²) in [5.41, 5.74) is 3.73. The van der Waals surface area contributed by atoms with Gasteiger partial charge in [0, 0.05) is 19.0 Å². The summed E-state index contributed by atoms with van der Waals surface area (Å²) in [5, 5.41) is 5.93. The smallest absolute Gasteiger partial charge is 0.244 e. The molecule has 7 nitrogen and oxygen atoms in total. The summed E-state index contributed by atoms with van der Waals surface area (Å²) in [5.74, 6) is -0.863. The number of halogens is 1. The first-order chi connectivity index (χ1) is 12.5. The van der Waals surface area contributed by atoms with E-state index in [4.69, 9.17) is 0 Å². The van der Waals surface area contributed by atoms with E-state index in [0.717, 1.165) is 28.6 Å². The number of carbonyl (C=O) groups is 2. The maximum atomic E-state index is 13.0. The van der Waals surface area contributed by atoms with E-state index >= 15 is 0 Å². The lowest BCUT2D eigenvalue weighted by atomic mass is 9.95. The van der Waals surface area contributed by atoms with E-state index in [9.17, 15) is 18.0 Å². The van der Waals surface area contributed by atoms with Gasteiger partial charge in [-0.15, -0.1) is 12.4 Å². The van der Waals surface area contributed by atoms with E-state index in [-0.39, 0.29) is 37.7 Å². The summed E-state index contributed by atoms with van der Waals surface area (Å²) in [4.78, 5) is 26.7. The van der Waals surface area contributed by atoms with Gasteiger partial charge in [-0.2, -0.15) is 0 Å². The monoisotopic (exact) mass is 431 g/mol. The van der Waals surface area contributed by atoms with Crippen molar-refractivity contribution in [3.05, 3.63) is 28.8 Å². The van der Waals surface area contributed by atoms with Crippen LogP contribution >= 0.6 is 12.4 Å². The molecule has 1 heterocycles. The van der Waals surface area contributed by atoms with E-state index in [1.165, 1.54) is 11.9 Å². The van der Waals surface area contributed by atoms with Gasteiger partial charge in [-0.3, -0.25) is 9.59 Å². The minimum Gasteiger partial charge on any atom is -0.335 e.